The number of benzene rings is 1. The number of hydrogen-bond donors (Lipinski definition) is 0. The molecular weight excluding hydrogens is 239 g/mol. The lowest BCUT2D eigenvalue weighted by Crippen LogP contribution is -2.11. The molecule has 2 rings (SSSR count). The van der Waals surface area contributed by atoms with Gasteiger partial charge in [0.25, 0.3) is 0 Å². The highest BCUT2D eigenvalue weighted by Crippen LogP contribution is 2.36. The third kappa shape index (κ3) is 3.01. The second-order valence-corrected chi connectivity index (χ2v) is 7.07. The largest absolute Gasteiger partial charge is 0.289 e. The molecule has 1 atom stereocenters. The van der Waals surface area contributed by atoms with E-state index in [2.05, 4.69) is 32.9 Å². The standard InChI is InChI=1S/C16H23OP/c1-11-9-10-12(2)15(13(11)3)16(17)18-14-7-5-4-6-8-14/h9-10,14,18H,4-8H2,1-3H3. The predicted octanol–water partition coefficient (Wildman–Crippen LogP) is 4.76. The third-order valence-electron chi connectivity index (χ3n) is 4.11. The minimum atomic E-state index is 0.389. The third-order valence-corrected chi connectivity index (χ3v) is 5.61. The molecule has 0 saturated heterocycles. The fourth-order valence-electron chi connectivity index (χ4n) is 2.81. The zero-order valence-electron chi connectivity index (χ0n) is 11.7. The van der Waals surface area contributed by atoms with Crippen molar-refractivity contribution in [3.63, 3.8) is 0 Å². The van der Waals surface area contributed by atoms with Crippen LogP contribution in [-0.2, 0) is 0 Å². The number of hydrogen-bond acceptors (Lipinski definition) is 1. The van der Waals surface area contributed by atoms with E-state index in [1.54, 1.807) is 0 Å². The Balaban J connectivity index is 2.15. The molecule has 1 aromatic carbocycles. The van der Waals surface area contributed by atoms with E-state index >= 15 is 0 Å². The summed E-state index contributed by atoms with van der Waals surface area (Å²) in [7, 11) is 0.483. The first-order valence-corrected chi connectivity index (χ1v) is 8.05. The fourth-order valence-corrected chi connectivity index (χ4v) is 4.40. The first-order chi connectivity index (χ1) is 8.59. The lowest BCUT2D eigenvalue weighted by Gasteiger charge is -2.21. The molecule has 1 saturated carbocycles. The van der Waals surface area contributed by atoms with Crippen LogP contribution in [0.2, 0.25) is 0 Å². The van der Waals surface area contributed by atoms with Crippen LogP contribution in [0.1, 0.15) is 59.2 Å². The van der Waals surface area contributed by atoms with Crippen LogP contribution in [0.3, 0.4) is 0 Å². The van der Waals surface area contributed by atoms with Crippen molar-refractivity contribution in [2.75, 3.05) is 0 Å². The van der Waals surface area contributed by atoms with Crippen molar-refractivity contribution >= 4 is 14.1 Å². The molecular formula is C16H23OP. The number of carbonyl (C=O) groups excluding carboxylic acids is 1. The van der Waals surface area contributed by atoms with Gasteiger partial charge in [-0.3, -0.25) is 4.79 Å². The van der Waals surface area contributed by atoms with Gasteiger partial charge in [0.15, 0.2) is 5.52 Å². The molecule has 0 bridgehead atoms. The van der Waals surface area contributed by atoms with Crippen LogP contribution in [0, 0.1) is 20.8 Å². The molecule has 1 fully saturated rings. The van der Waals surface area contributed by atoms with Crippen molar-refractivity contribution in [3.8, 4) is 0 Å². The number of carbonyl (C=O) groups is 1. The molecule has 1 aliphatic rings. The van der Waals surface area contributed by atoms with E-state index in [4.69, 9.17) is 0 Å². The average molecular weight is 262 g/mol. The summed E-state index contributed by atoms with van der Waals surface area (Å²) in [5.41, 5.74) is 5.61. The summed E-state index contributed by atoms with van der Waals surface area (Å²) >= 11 is 0. The Kier molecular flexibility index (Phi) is 4.56. The highest BCUT2D eigenvalue weighted by molar-refractivity contribution is 7.59. The second kappa shape index (κ2) is 5.97. The van der Waals surface area contributed by atoms with Crippen LogP contribution in [0.15, 0.2) is 12.1 Å². The van der Waals surface area contributed by atoms with E-state index in [1.165, 1.54) is 43.2 Å². The van der Waals surface area contributed by atoms with Crippen LogP contribution >= 0.6 is 8.58 Å². The Bertz CT molecular complexity index is 445. The number of rotatable bonds is 3. The van der Waals surface area contributed by atoms with Crippen LogP contribution in [0.5, 0.6) is 0 Å². The molecule has 18 heavy (non-hydrogen) atoms. The smallest absolute Gasteiger partial charge is 0.181 e. The maximum Gasteiger partial charge on any atom is 0.181 e. The molecule has 0 N–H and O–H groups in total. The van der Waals surface area contributed by atoms with Gasteiger partial charge in [0.05, 0.1) is 0 Å². The highest BCUT2D eigenvalue weighted by atomic mass is 31.1. The van der Waals surface area contributed by atoms with Gasteiger partial charge in [-0.2, -0.15) is 0 Å². The normalized spacial score (nSPS) is 17.5. The Hall–Kier alpha value is -0.680. The lowest BCUT2D eigenvalue weighted by molar-refractivity contribution is 0.108. The number of aryl methyl sites for hydroxylation is 2. The van der Waals surface area contributed by atoms with Gasteiger partial charge in [-0.25, -0.2) is 0 Å². The van der Waals surface area contributed by atoms with Gasteiger partial charge in [0, 0.05) is 5.56 Å². The molecule has 0 amide bonds. The SMILES string of the molecule is Cc1ccc(C)c(C(=O)PC2CCCCC2)c1C. The van der Waals surface area contributed by atoms with Crippen LogP contribution in [0.25, 0.3) is 0 Å². The van der Waals surface area contributed by atoms with Gasteiger partial charge in [-0.05, 0) is 64.5 Å². The van der Waals surface area contributed by atoms with Crippen molar-refractivity contribution in [2.24, 2.45) is 0 Å². The predicted molar refractivity (Wildman–Crippen MR) is 80.2 cm³/mol. The van der Waals surface area contributed by atoms with Gasteiger partial charge < -0.3 is 0 Å². The maximum absolute atomic E-state index is 12.5. The van der Waals surface area contributed by atoms with E-state index in [-0.39, 0.29) is 0 Å². The first-order valence-electron chi connectivity index (χ1n) is 6.97. The second-order valence-electron chi connectivity index (χ2n) is 5.51. The zero-order chi connectivity index (χ0) is 13.1. The highest BCUT2D eigenvalue weighted by Gasteiger charge is 2.20. The van der Waals surface area contributed by atoms with E-state index in [1.807, 2.05) is 0 Å². The zero-order valence-corrected chi connectivity index (χ0v) is 12.7. The van der Waals surface area contributed by atoms with Gasteiger partial charge in [-0.15, -0.1) is 0 Å². The molecule has 0 aromatic heterocycles. The summed E-state index contributed by atoms with van der Waals surface area (Å²) in [4.78, 5) is 12.5. The van der Waals surface area contributed by atoms with Crippen LogP contribution < -0.4 is 0 Å². The summed E-state index contributed by atoms with van der Waals surface area (Å²) in [5, 5.41) is 0. The van der Waals surface area contributed by atoms with Gasteiger partial charge in [0.1, 0.15) is 0 Å². The fraction of sp³-hybridized carbons (Fsp3) is 0.562. The minimum Gasteiger partial charge on any atom is -0.289 e. The summed E-state index contributed by atoms with van der Waals surface area (Å²) in [6.07, 6.45) is 6.51. The molecule has 0 spiro atoms. The van der Waals surface area contributed by atoms with Gasteiger partial charge in [0.2, 0.25) is 0 Å². The summed E-state index contributed by atoms with van der Waals surface area (Å²) in [6.45, 7) is 6.24. The minimum absolute atomic E-state index is 0.389. The molecule has 98 valence electrons. The molecule has 1 nitrogen and oxygen atoms in total. The first kappa shape index (κ1) is 13.7. The Morgan fingerprint density at radius 1 is 1.06 bits per heavy atom. The summed E-state index contributed by atoms with van der Waals surface area (Å²) < 4.78 is 0. The molecule has 1 aliphatic carbocycles. The molecule has 0 heterocycles. The van der Waals surface area contributed by atoms with E-state index in [0.717, 1.165) is 11.1 Å². The van der Waals surface area contributed by atoms with Crippen molar-refractivity contribution in [2.45, 2.75) is 58.5 Å². The maximum atomic E-state index is 12.5. The van der Waals surface area contributed by atoms with Gasteiger partial charge >= 0.3 is 0 Å². The van der Waals surface area contributed by atoms with E-state index < -0.39 is 0 Å². The quantitative estimate of drug-likeness (QED) is 0.717. The molecule has 0 aliphatic heterocycles. The summed E-state index contributed by atoms with van der Waals surface area (Å²) in [6, 6.07) is 4.20. The van der Waals surface area contributed by atoms with Crippen molar-refractivity contribution in [1.82, 2.24) is 0 Å². The average Bonchev–Trinajstić information content (AvgIpc) is 2.36. The Morgan fingerprint density at radius 3 is 2.33 bits per heavy atom. The van der Waals surface area contributed by atoms with Crippen LogP contribution in [0.4, 0.5) is 0 Å². The van der Waals surface area contributed by atoms with Gasteiger partial charge in [-0.1, -0.05) is 31.4 Å². The van der Waals surface area contributed by atoms with Crippen molar-refractivity contribution in [3.05, 3.63) is 34.4 Å². The molecule has 1 unspecified atom stereocenters. The van der Waals surface area contributed by atoms with Crippen molar-refractivity contribution in [1.29, 1.82) is 0 Å². The topological polar surface area (TPSA) is 17.1 Å². The monoisotopic (exact) mass is 262 g/mol. The Labute approximate surface area is 112 Å². The van der Waals surface area contributed by atoms with E-state index in [0.29, 0.717) is 19.8 Å². The molecule has 2 heteroatoms. The van der Waals surface area contributed by atoms with E-state index in [9.17, 15) is 4.79 Å². The molecule has 1 aromatic rings. The molecule has 0 radical (unpaired) electrons. The summed E-state index contributed by atoms with van der Waals surface area (Å²) in [5.74, 6) is 0. The lowest BCUT2D eigenvalue weighted by atomic mass is 9.99. The van der Waals surface area contributed by atoms with Crippen molar-refractivity contribution < 1.29 is 4.79 Å². The van der Waals surface area contributed by atoms with Crippen LogP contribution in [-0.4, -0.2) is 11.2 Å². The Morgan fingerprint density at radius 2 is 1.67 bits per heavy atom.